The van der Waals surface area contributed by atoms with Crippen LogP contribution < -0.4 is 0 Å². The molecule has 0 bridgehead atoms. The van der Waals surface area contributed by atoms with Gasteiger partial charge in [-0.2, -0.15) is 0 Å². The van der Waals surface area contributed by atoms with Gasteiger partial charge in [0.25, 0.3) is 0 Å². The molecule has 1 spiro atoms. The average Bonchev–Trinajstić information content (AvgIpc) is 2.58. The molecule has 2 aliphatic heterocycles. The van der Waals surface area contributed by atoms with Gasteiger partial charge >= 0.3 is 0 Å². The van der Waals surface area contributed by atoms with Crippen molar-refractivity contribution in [2.75, 3.05) is 32.8 Å². The number of hydrogen-bond acceptors (Lipinski definition) is 3. The molecule has 4 nitrogen and oxygen atoms in total. The highest BCUT2D eigenvalue weighted by Crippen LogP contribution is 2.40. The van der Waals surface area contributed by atoms with Gasteiger partial charge in [0.2, 0.25) is 5.91 Å². The fourth-order valence-corrected chi connectivity index (χ4v) is 4.31. The van der Waals surface area contributed by atoms with Crippen LogP contribution in [0.25, 0.3) is 0 Å². The van der Waals surface area contributed by atoms with Gasteiger partial charge in [-0.1, -0.05) is 35.3 Å². The molecule has 1 aromatic rings. The highest BCUT2D eigenvalue weighted by molar-refractivity contribution is 6.42. The van der Waals surface area contributed by atoms with E-state index in [1.54, 1.807) is 0 Å². The largest absolute Gasteiger partial charge is 0.395 e. The van der Waals surface area contributed by atoms with Gasteiger partial charge in [0.15, 0.2) is 0 Å². The van der Waals surface area contributed by atoms with Crippen molar-refractivity contribution < 1.29 is 9.90 Å². The summed E-state index contributed by atoms with van der Waals surface area (Å²) >= 11 is 12.4. The summed E-state index contributed by atoms with van der Waals surface area (Å²) in [6.45, 7) is 4.12. The van der Waals surface area contributed by atoms with Crippen LogP contribution in [0.3, 0.4) is 0 Å². The van der Waals surface area contributed by atoms with Crippen molar-refractivity contribution >= 4 is 29.1 Å². The van der Waals surface area contributed by atoms with Crippen LogP contribution in [-0.2, 0) is 11.3 Å². The Morgan fingerprint density at radius 2 is 1.92 bits per heavy atom. The van der Waals surface area contributed by atoms with E-state index in [2.05, 4.69) is 4.90 Å². The maximum atomic E-state index is 12.0. The number of aliphatic hydroxyl groups is 1. The van der Waals surface area contributed by atoms with Crippen molar-refractivity contribution in [1.82, 2.24) is 9.80 Å². The molecule has 3 rings (SSSR count). The molecule has 1 aromatic carbocycles. The number of carbonyl (C=O) groups is 1. The standard InChI is InChI=1S/C18H24Cl2N2O2/c19-15-3-1-2-14(17(15)20)12-21-8-6-18(7-9-21)5-4-16(24)22(13-18)10-11-23/h1-3,23H,4-13H2. The second-order valence-corrected chi connectivity index (χ2v) is 7.81. The first-order valence-electron chi connectivity index (χ1n) is 8.57. The summed E-state index contributed by atoms with van der Waals surface area (Å²) in [6, 6.07) is 5.78. The zero-order chi connectivity index (χ0) is 17.2. The number of piperidine rings is 2. The van der Waals surface area contributed by atoms with Crippen LogP contribution in [0.2, 0.25) is 10.0 Å². The van der Waals surface area contributed by atoms with Gasteiger partial charge in [0.1, 0.15) is 0 Å². The lowest BCUT2D eigenvalue weighted by Gasteiger charge is -2.47. The van der Waals surface area contributed by atoms with Crippen molar-refractivity contribution in [3.8, 4) is 0 Å². The smallest absolute Gasteiger partial charge is 0.222 e. The number of hydrogen-bond donors (Lipinski definition) is 1. The van der Waals surface area contributed by atoms with Crippen molar-refractivity contribution in [2.24, 2.45) is 5.41 Å². The Morgan fingerprint density at radius 3 is 2.62 bits per heavy atom. The van der Waals surface area contributed by atoms with E-state index in [4.69, 9.17) is 28.3 Å². The zero-order valence-electron chi connectivity index (χ0n) is 13.8. The van der Waals surface area contributed by atoms with Crippen LogP contribution >= 0.6 is 23.2 Å². The minimum atomic E-state index is 0.0429. The minimum absolute atomic E-state index is 0.0429. The molecular weight excluding hydrogens is 347 g/mol. The third-order valence-electron chi connectivity index (χ3n) is 5.46. The zero-order valence-corrected chi connectivity index (χ0v) is 15.3. The third kappa shape index (κ3) is 3.88. The molecule has 1 N–H and O–H groups in total. The van der Waals surface area contributed by atoms with Gasteiger partial charge in [0.05, 0.1) is 16.7 Å². The normalized spacial score (nSPS) is 21.5. The molecule has 2 aliphatic rings. The Kier molecular flexibility index (Phi) is 5.70. The number of nitrogens with zero attached hydrogens (tertiary/aromatic N) is 2. The lowest BCUT2D eigenvalue weighted by atomic mass is 9.72. The maximum absolute atomic E-state index is 12.0. The van der Waals surface area contributed by atoms with Gasteiger partial charge in [0, 0.05) is 26.1 Å². The van der Waals surface area contributed by atoms with Crippen molar-refractivity contribution in [2.45, 2.75) is 32.2 Å². The summed E-state index contributed by atoms with van der Waals surface area (Å²) in [5.41, 5.74) is 1.29. The molecular formula is C18H24Cl2N2O2. The maximum Gasteiger partial charge on any atom is 0.222 e. The Hall–Kier alpha value is -0.810. The predicted octanol–water partition coefficient (Wildman–Crippen LogP) is 3.19. The number of halogens is 2. The quantitative estimate of drug-likeness (QED) is 0.884. The average molecular weight is 371 g/mol. The fraction of sp³-hybridized carbons (Fsp3) is 0.611. The summed E-state index contributed by atoms with van der Waals surface area (Å²) < 4.78 is 0. The van der Waals surface area contributed by atoms with Gasteiger partial charge in [-0.25, -0.2) is 0 Å². The SMILES string of the molecule is O=C1CCC2(CCN(Cc3cccc(Cl)c3Cl)CC2)CN1CCO. The Morgan fingerprint density at radius 1 is 1.17 bits per heavy atom. The molecule has 1 amide bonds. The van der Waals surface area contributed by atoms with E-state index in [1.807, 2.05) is 23.1 Å². The number of benzene rings is 1. The van der Waals surface area contributed by atoms with Gasteiger partial charge < -0.3 is 10.0 Å². The predicted molar refractivity (Wildman–Crippen MR) is 96.3 cm³/mol. The summed E-state index contributed by atoms with van der Waals surface area (Å²) in [5.74, 6) is 0.183. The van der Waals surface area contributed by atoms with Gasteiger partial charge in [-0.3, -0.25) is 9.69 Å². The van der Waals surface area contributed by atoms with Crippen molar-refractivity contribution in [3.63, 3.8) is 0 Å². The topological polar surface area (TPSA) is 43.8 Å². The van der Waals surface area contributed by atoms with E-state index < -0.39 is 0 Å². The molecule has 2 heterocycles. The second-order valence-electron chi connectivity index (χ2n) is 7.03. The molecule has 2 fully saturated rings. The number of carbonyl (C=O) groups excluding carboxylic acids is 1. The molecule has 0 unspecified atom stereocenters. The van der Waals surface area contributed by atoms with Crippen LogP contribution in [0.5, 0.6) is 0 Å². The molecule has 0 radical (unpaired) electrons. The summed E-state index contributed by atoms with van der Waals surface area (Å²) in [5, 5.41) is 10.4. The monoisotopic (exact) mass is 370 g/mol. The van der Waals surface area contributed by atoms with Crippen LogP contribution in [0.1, 0.15) is 31.2 Å². The first-order chi connectivity index (χ1) is 11.5. The van der Waals surface area contributed by atoms with E-state index in [-0.39, 0.29) is 17.9 Å². The van der Waals surface area contributed by atoms with Crippen LogP contribution in [-0.4, -0.2) is 53.6 Å². The van der Waals surface area contributed by atoms with E-state index in [9.17, 15) is 4.79 Å². The number of rotatable bonds is 4. The lowest BCUT2D eigenvalue weighted by Crippen LogP contribution is -2.51. The van der Waals surface area contributed by atoms with Gasteiger partial charge in [-0.05, 0) is 49.4 Å². The van der Waals surface area contributed by atoms with Crippen molar-refractivity contribution in [3.05, 3.63) is 33.8 Å². The number of β-amino-alcohol motifs (C(OH)–C–C–N with tert-alkyl or cyclic N) is 1. The molecule has 132 valence electrons. The minimum Gasteiger partial charge on any atom is -0.395 e. The van der Waals surface area contributed by atoms with Gasteiger partial charge in [-0.15, -0.1) is 0 Å². The number of amides is 1. The Labute approximate surface area is 153 Å². The second kappa shape index (κ2) is 7.61. The highest BCUT2D eigenvalue weighted by Gasteiger charge is 2.40. The molecule has 6 heteroatoms. The lowest BCUT2D eigenvalue weighted by molar-refractivity contribution is -0.139. The van der Waals surface area contributed by atoms with Crippen LogP contribution in [0, 0.1) is 5.41 Å². The highest BCUT2D eigenvalue weighted by atomic mass is 35.5. The van der Waals surface area contributed by atoms with Crippen molar-refractivity contribution in [1.29, 1.82) is 0 Å². The van der Waals surface area contributed by atoms with Crippen LogP contribution in [0.4, 0.5) is 0 Å². The fourth-order valence-electron chi connectivity index (χ4n) is 3.93. The summed E-state index contributed by atoms with van der Waals surface area (Å²) in [6.07, 6.45) is 3.75. The van der Waals surface area contributed by atoms with E-state index >= 15 is 0 Å². The van der Waals surface area contributed by atoms with E-state index in [1.165, 1.54) is 0 Å². The molecule has 0 aromatic heterocycles. The number of likely N-dealkylation sites (tertiary alicyclic amines) is 2. The third-order valence-corrected chi connectivity index (χ3v) is 6.32. The molecule has 0 saturated carbocycles. The summed E-state index contributed by atoms with van der Waals surface area (Å²) in [4.78, 5) is 16.2. The Balaban J connectivity index is 1.59. The first-order valence-corrected chi connectivity index (χ1v) is 9.32. The van der Waals surface area contributed by atoms with E-state index in [0.29, 0.717) is 23.0 Å². The first kappa shape index (κ1) is 18.0. The molecule has 0 atom stereocenters. The summed E-state index contributed by atoms with van der Waals surface area (Å²) in [7, 11) is 0. The molecule has 24 heavy (non-hydrogen) atoms. The molecule has 0 aliphatic carbocycles. The van der Waals surface area contributed by atoms with Crippen LogP contribution in [0.15, 0.2) is 18.2 Å². The van der Waals surface area contributed by atoms with E-state index in [0.717, 1.165) is 51.0 Å². The molecule has 2 saturated heterocycles. The Bertz CT molecular complexity index is 601. The number of aliphatic hydroxyl groups excluding tert-OH is 1.